The molecule has 2 rings (SSSR count). The minimum absolute atomic E-state index is 0.0335. The van der Waals surface area contributed by atoms with Crippen molar-refractivity contribution in [2.75, 3.05) is 6.61 Å². The van der Waals surface area contributed by atoms with Gasteiger partial charge >= 0.3 is 0 Å². The van der Waals surface area contributed by atoms with Crippen molar-refractivity contribution >= 4 is 0 Å². The molecule has 1 aliphatic carbocycles. The molecule has 1 saturated carbocycles. The predicted molar refractivity (Wildman–Crippen MR) is 43.7 cm³/mol. The quantitative estimate of drug-likeness (QED) is 0.437. The van der Waals surface area contributed by atoms with Crippen LogP contribution in [0.4, 0.5) is 0 Å². The Balaban J connectivity index is 2.09. The topological polar surface area (TPSA) is 53.0 Å². The Morgan fingerprint density at radius 1 is 1.67 bits per heavy atom. The Labute approximate surface area is 71.7 Å². The van der Waals surface area contributed by atoms with E-state index in [2.05, 4.69) is 6.58 Å². The second kappa shape index (κ2) is 2.55. The molecule has 12 heavy (non-hydrogen) atoms. The summed E-state index contributed by atoms with van der Waals surface area (Å²) in [4.78, 5) is 0. The highest BCUT2D eigenvalue weighted by atomic mass is 16.6. The minimum atomic E-state index is -0.369. The van der Waals surface area contributed by atoms with E-state index in [-0.39, 0.29) is 24.4 Å². The van der Waals surface area contributed by atoms with E-state index in [1.807, 2.05) is 0 Å². The van der Waals surface area contributed by atoms with Crippen LogP contribution in [0.25, 0.3) is 0 Å². The van der Waals surface area contributed by atoms with Crippen molar-refractivity contribution in [1.82, 2.24) is 0 Å². The maximum Gasteiger partial charge on any atom is 0.120 e. The van der Waals surface area contributed by atoms with Crippen LogP contribution in [-0.4, -0.2) is 34.6 Å². The molecule has 0 amide bonds. The van der Waals surface area contributed by atoms with Crippen LogP contribution >= 0.6 is 0 Å². The zero-order valence-corrected chi connectivity index (χ0v) is 6.99. The van der Waals surface area contributed by atoms with Crippen LogP contribution in [-0.2, 0) is 4.74 Å². The van der Waals surface area contributed by atoms with Crippen molar-refractivity contribution in [3.8, 4) is 0 Å². The molecule has 1 heterocycles. The molecule has 1 unspecified atom stereocenters. The van der Waals surface area contributed by atoms with Crippen molar-refractivity contribution < 1.29 is 14.9 Å². The van der Waals surface area contributed by atoms with Gasteiger partial charge in [0.25, 0.3) is 0 Å². The van der Waals surface area contributed by atoms with Crippen LogP contribution < -0.4 is 0 Å². The highest BCUT2D eigenvalue weighted by Gasteiger charge is 2.59. The lowest BCUT2D eigenvalue weighted by molar-refractivity contribution is 0.107. The van der Waals surface area contributed by atoms with E-state index in [4.69, 9.17) is 9.84 Å². The molecule has 3 heteroatoms. The Morgan fingerprint density at radius 3 is 3.00 bits per heavy atom. The summed E-state index contributed by atoms with van der Waals surface area (Å²) in [5.74, 6) is 0. The van der Waals surface area contributed by atoms with Crippen LogP contribution in [0.3, 0.4) is 0 Å². The van der Waals surface area contributed by atoms with Gasteiger partial charge in [0.15, 0.2) is 0 Å². The molecule has 2 fully saturated rings. The first kappa shape index (κ1) is 8.23. The first-order chi connectivity index (χ1) is 5.69. The van der Waals surface area contributed by atoms with Gasteiger partial charge in [-0.1, -0.05) is 6.58 Å². The Morgan fingerprint density at radius 2 is 2.42 bits per heavy atom. The molecule has 0 aromatic rings. The standard InChI is InChI=1S/C9H14O3/c1-6-2-3-7(11)4-9(6)8(5-10)12-9/h7-8,10-11H,1-5H2/t7?,8-,9+/m1/s1. The molecule has 68 valence electrons. The average Bonchev–Trinajstić information content (AvgIpc) is 2.73. The van der Waals surface area contributed by atoms with E-state index in [0.717, 1.165) is 18.4 Å². The summed E-state index contributed by atoms with van der Waals surface area (Å²) in [6.45, 7) is 3.95. The molecular formula is C9H14O3. The second-order valence-corrected chi connectivity index (χ2v) is 3.68. The fraction of sp³-hybridized carbons (Fsp3) is 0.778. The van der Waals surface area contributed by atoms with Gasteiger partial charge in [0, 0.05) is 6.42 Å². The largest absolute Gasteiger partial charge is 0.394 e. The van der Waals surface area contributed by atoms with Crippen molar-refractivity contribution in [2.45, 2.75) is 37.1 Å². The fourth-order valence-corrected chi connectivity index (χ4v) is 2.04. The van der Waals surface area contributed by atoms with Gasteiger partial charge in [0.1, 0.15) is 11.7 Å². The summed E-state index contributed by atoms with van der Waals surface area (Å²) < 4.78 is 5.37. The van der Waals surface area contributed by atoms with Crippen LogP contribution in [0.2, 0.25) is 0 Å². The monoisotopic (exact) mass is 170 g/mol. The van der Waals surface area contributed by atoms with E-state index in [1.165, 1.54) is 0 Å². The lowest BCUT2D eigenvalue weighted by Gasteiger charge is -2.25. The third kappa shape index (κ3) is 1.01. The second-order valence-electron chi connectivity index (χ2n) is 3.68. The number of aliphatic hydroxyl groups is 2. The van der Waals surface area contributed by atoms with Gasteiger partial charge in [-0.3, -0.25) is 0 Å². The van der Waals surface area contributed by atoms with Crippen LogP contribution in [0.1, 0.15) is 19.3 Å². The van der Waals surface area contributed by atoms with Gasteiger partial charge in [0.05, 0.1) is 12.7 Å². The van der Waals surface area contributed by atoms with Gasteiger partial charge in [-0.15, -0.1) is 0 Å². The third-order valence-corrected chi connectivity index (χ3v) is 2.90. The molecule has 2 aliphatic rings. The van der Waals surface area contributed by atoms with Crippen molar-refractivity contribution in [2.24, 2.45) is 0 Å². The molecule has 0 bridgehead atoms. The lowest BCUT2D eigenvalue weighted by atomic mass is 9.81. The van der Waals surface area contributed by atoms with Crippen molar-refractivity contribution in [1.29, 1.82) is 0 Å². The molecule has 2 N–H and O–H groups in total. The maximum absolute atomic E-state index is 9.41. The zero-order chi connectivity index (χ0) is 8.77. The summed E-state index contributed by atoms with van der Waals surface area (Å²) in [6, 6.07) is 0. The number of epoxide rings is 1. The summed E-state index contributed by atoms with van der Waals surface area (Å²) in [6.07, 6.45) is 1.81. The van der Waals surface area contributed by atoms with E-state index in [1.54, 1.807) is 0 Å². The predicted octanol–water partition coefficient (Wildman–Crippen LogP) is 0.217. The third-order valence-electron chi connectivity index (χ3n) is 2.90. The molecule has 1 saturated heterocycles. The number of rotatable bonds is 1. The summed E-state index contributed by atoms with van der Waals surface area (Å²) in [5, 5.41) is 18.3. The van der Waals surface area contributed by atoms with E-state index in [0.29, 0.717) is 6.42 Å². The first-order valence-corrected chi connectivity index (χ1v) is 4.34. The average molecular weight is 170 g/mol. The summed E-state index contributed by atoms with van der Waals surface area (Å²) in [7, 11) is 0. The first-order valence-electron chi connectivity index (χ1n) is 4.34. The van der Waals surface area contributed by atoms with Gasteiger partial charge in [-0.05, 0) is 18.4 Å². The molecule has 0 aromatic heterocycles. The van der Waals surface area contributed by atoms with Gasteiger partial charge in [-0.2, -0.15) is 0 Å². The summed E-state index contributed by atoms with van der Waals surface area (Å²) >= 11 is 0. The van der Waals surface area contributed by atoms with Gasteiger partial charge in [-0.25, -0.2) is 0 Å². The van der Waals surface area contributed by atoms with Gasteiger partial charge < -0.3 is 14.9 Å². The number of hydrogen-bond donors (Lipinski definition) is 2. The van der Waals surface area contributed by atoms with Gasteiger partial charge in [0.2, 0.25) is 0 Å². The number of hydrogen-bond acceptors (Lipinski definition) is 3. The van der Waals surface area contributed by atoms with Crippen molar-refractivity contribution in [3.05, 3.63) is 12.2 Å². The molecular weight excluding hydrogens is 156 g/mol. The fourth-order valence-electron chi connectivity index (χ4n) is 2.04. The zero-order valence-electron chi connectivity index (χ0n) is 6.99. The van der Waals surface area contributed by atoms with E-state index >= 15 is 0 Å². The SMILES string of the molecule is C=C1CCC(O)C[C@]12O[C@@H]2CO. The lowest BCUT2D eigenvalue weighted by Crippen LogP contribution is -2.31. The van der Waals surface area contributed by atoms with Crippen molar-refractivity contribution in [3.63, 3.8) is 0 Å². The molecule has 0 radical (unpaired) electrons. The smallest absolute Gasteiger partial charge is 0.120 e. The molecule has 1 aliphatic heterocycles. The number of aliphatic hydroxyl groups excluding tert-OH is 2. The van der Waals surface area contributed by atoms with Crippen LogP contribution in [0.15, 0.2) is 12.2 Å². The number of ether oxygens (including phenoxy) is 1. The highest BCUT2D eigenvalue weighted by Crippen LogP contribution is 2.50. The minimum Gasteiger partial charge on any atom is -0.394 e. The normalized spacial score (nSPS) is 46.7. The summed E-state index contributed by atoms with van der Waals surface area (Å²) in [5.41, 5.74) is 0.665. The van der Waals surface area contributed by atoms with E-state index < -0.39 is 0 Å². The highest BCUT2D eigenvalue weighted by molar-refractivity contribution is 5.27. The van der Waals surface area contributed by atoms with Crippen LogP contribution in [0, 0.1) is 0 Å². The molecule has 3 nitrogen and oxygen atoms in total. The molecule has 3 atom stereocenters. The van der Waals surface area contributed by atoms with E-state index in [9.17, 15) is 5.11 Å². The Hall–Kier alpha value is -0.380. The maximum atomic E-state index is 9.41. The molecule has 1 spiro atoms. The Kier molecular flexibility index (Phi) is 1.75. The Bertz CT molecular complexity index is 214. The molecule has 0 aromatic carbocycles. The van der Waals surface area contributed by atoms with Crippen LogP contribution in [0.5, 0.6) is 0 Å².